The maximum atomic E-state index is 14.5. The van der Waals surface area contributed by atoms with Gasteiger partial charge in [-0.25, -0.2) is 13.2 Å². The van der Waals surface area contributed by atoms with E-state index in [1.807, 2.05) is 6.08 Å². The monoisotopic (exact) mass is 419 g/mol. The van der Waals surface area contributed by atoms with Gasteiger partial charge in [0.2, 0.25) is 0 Å². The Bertz CT molecular complexity index is 912. The number of hydrogen-bond donors (Lipinski definition) is 1. The number of carbonyl (C=O) groups excluding carboxylic acids is 1. The van der Waals surface area contributed by atoms with Gasteiger partial charge in [0.15, 0.2) is 11.6 Å². The summed E-state index contributed by atoms with van der Waals surface area (Å²) in [5, 5.41) is 0. The van der Waals surface area contributed by atoms with Crippen LogP contribution in [0, 0.1) is 24.4 Å². The third-order valence-corrected chi connectivity index (χ3v) is 4.92. The maximum Gasteiger partial charge on any atom is 0.307 e. The van der Waals surface area contributed by atoms with Crippen LogP contribution in [0.25, 0.3) is 11.1 Å². The van der Waals surface area contributed by atoms with Crippen LogP contribution in [0.15, 0.2) is 36.9 Å². The average Bonchev–Trinajstić information content (AvgIpc) is 2.67. The molecule has 2 rings (SSSR count). The molecule has 0 bridgehead atoms. The van der Waals surface area contributed by atoms with Crippen LogP contribution in [-0.4, -0.2) is 12.6 Å². The first-order chi connectivity index (χ1) is 14.3. The molecule has 1 atom stereocenters. The van der Waals surface area contributed by atoms with Gasteiger partial charge in [-0.2, -0.15) is 0 Å². The molecule has 0 aliphatic carbocycles. The van der Waals surface area contributed by atoms with Gasteiger partial charge in [-0.3, -0.25) is 4.79 Å². The fraction of sp³-hybridized carbons (Fsp3) is 0.375. The van der Waals surface area contributed by atoms with Crippen LogP contribution in [0.1, 0.15) is 55.3 Å². The number of hydrogen-bond acceptors (Lipinski definition) is 3. The first kappa shape index (κ1) is 23.7. The van der Waals surface area contributed by atoms with E-state index in [4.69, 9.17) is 10.5 Å². The molecule has 0 aliphatic rings. The molecule has 162 valence electrons. The number of allylic oxidation sites excluding steroid dienone is 1. The number of benzene rings is 2. The van der Waals surface area contributed by atoms with E-state index in [9.17, 15) is 18.0 Å². The molecule has 3 nitrogen and oxygen atoms in total. The Kier molecular flexibility index (Phi) is 8.66. The highest BCUT2D eigenvalue weighted by Gasteiger charge is 2.22. The molecular formula is C24H28F3NO2. The molecular weight excluding hydrogens is 391 g/mol. The smallest absolute Gasteiger partial charge is 0.307 e. The molecule has 0 aromatic heterocycles. The van der Waals surface area contributed by atoms with Crippen molar-refractivity contribution in [2.24, 2.45) is 5.73 Å². The van der Waals surface area contributed by atoms with Crippen molar-refractivity contribution in [3.05, 3.63) is 71.1 Å². The molecule has 2 N–H and O–H groups in total. The lowest BCUT2D eigenvalue weighted by Gasteiger charge is -2.18. The average molecular weight is 419 g/mol. The second kappa shape index (κ2) is 11.0. The minimum absolute atomic E-state index is 0.112. The third kappa shape index (κ3) is 5.95. The van der Waals surface area contributed by atoms with E-state index in [0.29, 0.717) is 28.7 Å². The highest BCUT2D eigenvalue weighted by molar-refractivity contribution is 5.73. The van der Waals surface area contributed by atoms with Crippen molar-refractivity contribution in [3.8, 4) is 11.1 Å². The number of aryl methyl sites for hydroxylation is 2. The summed E-state index contributed by atoms with van der Waals surface area (Å²) in [6.45, 7) is 7.24. The Morgan fingerprint density at radius 1 is 1.20 bits per heavy atom. The lowest BCUT2D eigenvalue weighted by Crippen LogP contribution is -2.19. The summed E-state index contributed by atoms with van der Waals surface area (Å²) in [5.41, 5.74) is 8.25. The van der Waals surface area contributed by atoms with Crippen molar-refractivity contribution in [2.45, 2.75) is 52.0 Å². The van der Waals surface area contributed by atoms with Gasteiger partial charge in [0, 0.05) is 11.6 Å². The van der Waals surface area contributed by atoms with Gasteiger partial charge in [-0.15, -0.1) is 6.58 Å². The van der Waals surface area contributed by atoms with Crippen LogP contribution in [0.4, 0.5) is 13.2 Å². The van der Waals surface area contributed by atoms with Crippen LogP contribution >= 0.6 is 0 Å². The number of carbonyl (C=O) groups is 1. The number of halogens is 3. The molecule has 2 aromatic carbocycles. The van der Waals surface area contributed by atoms with Crippen LogP contribution < -0.4 is 5.73 Å². The van der Waals surface area contributed by atoms with Crippen molar-refractivity contribution in [2.75, 3.05) is 6.61 Å². The Labute approximate surface area is 175 Å². The van der Waals surface area contributed by atoms with E-state index in [1.165, 1.54) is 18.2 Å². The molecule has 0 heterocycles. The summed E-state index contributed by atoms with van der Waals surface area (Å²) in [7, 11) is 0. The van der Waals surface area contributed by atoms with Crippen molar-refractivity contribution < 1.29 is 22.7 Å². The predicted molar refractivity (Wildman–Crippen MR) is 112 cm³/mol. The minimum Gasteiger partial charge on any atom is -0.466 e. The Balaban J connectivity index is 2.47. The number of esters is 1. The molecule has 0 unspecified atom stereocenters. The molecule has 0 amide bonds. The minimum atomic E-state index is -1.09. The molecule has 0 aliphatic heterocycles. The quantitative estimate of drug-likeness (QED) is 0.295. The standard InChI is InChI=1S/C24H28F3NO2/c1-4-6-7-8-9-16-11-18(25)10-15(3)23(16)17-12-19(24(27)20(26)13-17)21(28)14-22(29)30-5-2/h4,10-13,21H,1,5-9,14,28H2,2-3H3/t21-/m0/s1. The highest BCUT2D eigenvalue weighted by Crippen LogP contribution is 2.34. The van der Waals surface area contributed by atoms with Gasteiger partial charge in [0.25, 0.3) is 0 Å². The first-order valence-electron chi connectivity index (χ1n) is 10.1. The van der Waals surface area contributed by atoms with Gasteiger partial charge in [-0.05, 0) is 86.1 Å². The molecule has 0 fully saturated rings. The number of nitrogens with two attached hydrogens (primary N) is 1. The van der Waals surface area contributed by atoms with Gasteiger partial charge in [0.1, 0.15) is 5.82 Å². The number of rotatable bonds is 10. The maximum absolute atomic E-state index is 14.5. The fourth-order valence-electron chi connectivity index (χ4n) is 3.56. The summed E-state index contributed by atoms with van der Waals surface area (Å²) in [6.07, 6.45) is 4.69. The lowest BCUT2D eigenvalue weighted by atomic mass is 9.89. The van der Waals surface area contributed by atoms with E-state index in [0.717, 1.165) is 25.3 Å². The number of unbranched alkanes of at least 4 members (excludes halogenated alkanes) is 2. The second-order valence-electron chi connectivity index (χ2n) is 7.27. The summed E-state index contributed by atoms with van der Waals surface area (Å²) >= 11 is 0. The summed E-state index contributed by atoms with van der Waals surface area (Å²) in [6, 6.07) is 4.26. The molecule has 2 aromatic rings. The Morgan fingerprint density at radius 2 is 1.93 bits per heavy atom. The summed E-state index contributed by atoms with van der Waals surface area (Å²) in [4.78, 5) is 11.7. The molecule has 6 heteroatoms. The molecule has 0 radical (unpaired) electrons. The summed E-state index contributed by atoms with van der Waals surface area (Å²) in [5.74, 6) is -3.13. The molecule has 0 saturated carbocycles. The third-order valence-electron chi connectivity index (χ3n) is 4.92. The van der Waals surface area contributed by atoms with E-state index < -0.39 is 23.6 Å². The number of ether oxygens (including phenoxy) is 1. The molecule has 0 saturated heterocycles. The largest absolute Gasteiger partial charge is 0.466 e. The molecule has 30 heavy (non-hydrogen) atoms. The van der Waals surface area contributed by atoms with Crippen molar-refractivity contribution in [3.63, 3.8) is 0 Å². The van der Waals surface area contributed by atoms with Crippen LogP contribution in [0.3, 0.4) is 0 Å². The van der Waals surface area contributed by atoms with Crippen molar-refractivity contribution >= 4 is 5.97 Å². The van der Waals surface area contributed by atoms with Crippen molar-refractivity contribution in [1.82, 2.24) is 0 Å². The van der Waals surface area contributed by atoms with Crippen molar-refractivity contribution in [1.29, 1.82) is 0 Å². The van der Waals surface area contributed by atoms with Gasteiger partial charge in [0.05, 0.1) is 13.0 Å². The van der Waals surface area contributed by atoms with Gasteiger partial charge < -0.3 is 10.5 Å². The second-order valence-corrected chi connectivity index (χ2v) is 7.27. The van der Waals surface area contributed by atoms with E-state index in [2.05, 4.69) is 6.58 Å². The zero-order valence-corrected chi connectivity index (χ0v) is 17.4. The topological polar surface area (TPSA) is 52.3 Å². The predicted octanol–water partition coefficient (Wildman–Crippen LogP) is 5.93. The lowest BCUT2D eigenvalue weighted by molar-refractivity contribution is -0.143. The first-order valence-corrected chi connectivity index (χ1v) is 10.1. The zero-order chi connectivity index (χ0) is 22.3. The van der Waals surface area contributed by atoms with Gasteiger partial charge >= 0.3 is 5.97 Å². The van der Waals surface area contributed by atoms with E-state index >= 15 is 0 Å². The summed E-state index contributed by atoms with van der Waals surface area (Å²) < 4.78 is 47.8. The van der Waals surface area contributed by atoms with Gasteiger partial charge in [-0.1, -0.05) is 6.08 Å². The normalized spacial score (nSPS) is 11.9. The Hall–Kier alpha value is -2.60. The SMILES string of the molecule is C=CCCCCc1cc(F)cc(C)c1-c1cc(F)c(F)c([C@@H](N)CC(=O)OCC)c1. The Morgan fingerprint density at radius 3 is 2.60 bits per heavy atom. The highest BCUT2D eigenvalue weighted by atomic mass is 19.2. The fourth-order valence-corrected chi connectivity index (χ4v) is 3.56. The van der Waals surface area contributed by atoms with E-state index in [1.54, 1.807) is 13.8 Å². The van der Waals surface area contributed by atoms with Crippen LogP contribution in [0.2, 0.25) is 0 Å². The van der Waals surface area contributed by atoms with Crippen LogP contribution in [-0.2, 0) is 16.0 Å². The van der Waals surface area contributed by atoms with E-state index in [-0.39, 0.29) is 24.4 Å². The molecule has 0 spiro atoms. The zero-order valence-electron chi connectivity index (χ0n) is 17.4. The van der Waals surface area contributed by atoms with Crippen LogP contribution in [0.5, 0.6) is 0 Å².